The fourth-order valence-corrected chi connectivity index (χ4v) is 5.11. The zero-order valence-corrected chi connectivity index (χ0v) is 22.7. The third-order valence-corrected chi connectivity index (χ3v) is 7.22. The van der Waals surface area contributed by atoms with E-state index in [0.717, 1.165) is 16.7 Å². The van der Waals surface area contributed by atoms with Gasteiger partial charge in [0, 0.05) is 31.1 Å². The molecule has 192 valence electrons. The predicted molar refractivity (Wildman–Crippen MR) is 142 cm³/mol. The number of aryl methyl sites for hydroxylation is 2. The highest BCUT2D eigenvalue weighted by molar-refractivity contribution is 7.92. The molecule has 1 N–H and O–H groups in total. The molecule has 0 aromatic heterocycles. The number of amides is 2. The summed E-state index contributed by atoms with van der Waals surface area (Å²) in [6.07, 6.45) is 2.07. The molecule has 0 saturated heterocycles. The van der Waals surface area contributed by atoms with Crippen molar-refractivity contribution in [1.82, 2.24) is 10.2 Å². The number of nitrogens with one attached hydrogen (secondary N) is 1. The van der Waals surface area contributed by atoms with E-state index in [-0.39, 0.29) is 31.3 Å². The third-order valence-electron chi connectivity index (χ3n) is 5.79. The van der Waals surface area contributed by atoms with Crippen LogP contribution in [0.5, 0.6) is 0 Å². The van der Waals surface area contributed by atoms with Gasteiger partial charge in [-0.2, -0.15) is 0 Å². The molecule has 0 unspecified atom stereocenters. The second-order valence-corrected chi connectivity index (χ2v) is 11.0. The van der Waals surface area contributed by atoms with Gasteiger partial charge < -0.3 is 10.2 Å². The Bertz CT molecular complexity index is 1120. The predicted octanol–water partition coefficient (Wildman–Crippen LogP) is 4.45. The lowest BCUT2D eigenvalue weighted by atomic mass is 10.1. The number of carbonyl (C=O) groups excluding carboxylic acids is 2. The van der Waals surface area contributed by atoms with Gasteiger partial charge in [0.15, 0.2) is 0 Å². The largest absolute Gasteiger partial charge is 0.355 e. The molecule has 0 radical (unpaired) electrons. The minimum atomic E-state index is -3.54. The van der Waals surface area contributed by atoms with Crippen molar-refractivity contribution in [2.24, 2.45) is 0 Å². The van der Waals surface area contributed by atoms with Crippen LogP contribution < -0.4 is 9.62 Å². The first-order chi connectivity index (χ1) is 16.5. The van der Waals surface area contributed by atoms with E-state index in [1.165, 1.54) is 10.6 Å². The molecule has 0 saturated carbocycles. The van der Waals surface area contributed by atoms with Crippen molar-refractivity contribution >= 4 is 39.1 Å². The molecular formula is C26H36ClN3O4S. The molecule has 0 heterocycles. The van der Waals surface area contributed by atoms with Crippen LogP contribution in [0, 0.1) is 13.8 Å². The average Bonchev–Trinajstić information content (AvgIpc) is 2.79. The number of nitrogens with zero attached hydrogens (tertiary/aromatic N) is 2. The fourth-order valence-electron chi connectivity index (χ4n) is 3.97. The van der Waals surface area contributed by atoms with E-state index in [2.05, 4.69) is 5.32 Å². The lowest BCUT2D eigenvalue weighted by molar-refractivity contribution is -0.141. The lowest BCUT2D eigenvalue weighted by Gasteiger charge is -2.31. The monoisotopic (exact) mass is 521 g/mol. The number of carbonyl (C=O) groups is 2. The Morgan fingerprint density at radius 2 is 1.71 bits per heavy atom. The van der Waals surface area contributed by atoms with Crippen molar-refractivity contribution in [2.45, 2.75) is 59.5 Å². The zero-order chi connectivity index (χ0) is 26.2. The first kappa shape index (κ1) is 28.7. The first-order valence-corrected chi connectivity index (χ1v) is 14.1. The van der Waals surface area contributed by atoms with Crippen LogP contribution in [0.2, 0.25) is 5.02 Å². The molecular weight excluding hydrogens is 486 g/mol. The van der Waals surface area contributed by atoms with Gasteiger partial charge in [-0.15, -0.1) is 0 Å². The molecule has 0 bridgehead atoms. The van der Waals surface area contributed by atoms with Crippen molar-refractivity contribution < 1.29 is 18.0 Å². The summed E-state index contributed by atoms with van der Waals surface area (Å²) in [6.45, 7) is 8.38. The summed E-state index contributed by atoms with van der Waals surface area (Å²) in [7, 11) is -3.54. The normalized spacial score (nSPS) is 12.2. The molecule has 0 aliphatic carbocycles. The summed E-state index contributed by atoms with van der Waals surface area (Å²) in [5.41, 5.74) is 3.28. The summed E-state index contributed by atoms with van der Waals surface area (Å²) < 4.78 is 26.5. The Hall–Kier alpha value is -2.58. The molecule has 0 aliphatic rings. The smallest absolute Gasteiger partial charge is 0.242 e. The molecule has 7 nitrogen and oxygen atoms in total. The Morgan fingerprint density at radius 3 is 2.29 bits per heavy atom. The van der Waals surface area contributed by atoms with Gasteiger partial charge in [-0.1, -0.05) is 42.8 Å². The van der Waals surface area contributed by atoms with Crippen LogP contribution in [0.4, 0.5) is 5.69 Å². The number of sulfonamides is 1. The number of benzene rings is 2. The topological polar surface area (TPSA) is 86.8 Å². The molecule has 2 aromatic carbocycles. The van der Waals surface area contributed by atoms with Gasteiger partial charge in [-0.05, 0) is 68.5 Å². The maximum Gasteiger partial charge on any atom is 0.242 e. The van der Waals surface area contributed by atoms with Gasteiger partial charge in [0.05, 0.1) is 11.9 Å². The van der Waals surface area contributed by atoms with Crippen LogP contribution in [-0.4, -0.2) is 50.5 Å². The van der Waals surface area contributed by atoms with Gasteiger partial charge in [0.1, 0.15) is 6.04 Å². The van der Waals surface area contributed by atoms with Gasteiger partial charge >= 0.3 is 0 Å². The highest BCUT2D eigenvalue weighted by Gasteiger charge is 2.28. The summed E-state index contributed by atoms with van der Waals surface area (Å²) in [5.74, 6) is -0.405. The SMILES string of the molecule is CCNC(=O)[C@H](CC)N(Cc1ccc(Cl)cc1)C(=O)CCCN(c1cc(C)ccc1C)S(C)(=O)=O. The summed E-state index contributed by atoms with van der Waals surface area (Å²) in [5, 5.41) is 3.40. The number of hydrogen-bond acceptors (Lipinski definition) is 4. The molecule has 2 aromatic rings. The number of hydrogen-bond donors (Lipinski definition) is 1. The third kappa shape index (κ3) is 8.25. The standard InChI is InChI=1S/C26H36ClN3O4S/c1-6-23(26(32)28-7-2)29(18-21-12-14-22(27)15-13-21)25(31)9-8-16-30(35(5,33)34)24-17-19(3)10-11-20(24)4/h10-15,17,23H,6-9,16,18H2,1-5H3,(H,28,32)/t23-/m0/s1. The van der Waals surface area contributed by atoms with E-state index in [1.807, 2.05) is 58.0 Å². The molecule has 35 heavy (non-hydrogen) atoms. The minimum absolute atomic E-state index is 0.111. The molecule has 0 spiro atoms. The summed E-state index contributed by atoms with van der Waals surface area (Å²) in [6, 6.07) is 12.2. The molecule has 1 atom stereocenters. The van der Waals surface area contributed by atoms with Crippen molar-refractivity contribution in [3.05, 3.63) is 64.2 Å². The lowest BCUT2D eigenvalue weighted by Crippen LogP contribution is -2.49. The van der Waals surface area contributed by atoms with Crippen LogP contribution in [0.15, 0.2) is 42.5 Å². The van der Waals surface area contributed by atoms with Crippen LogP contribution in [-0.2, 0) is 26.2 Å². The Kier molecular flexibility index (Phi) is 10.6. The van der Waals surface area contributed by atoms with Crippen molar-refractivity contribution in [1.29, 1.82) is 0 Å². The van der Waals surface area contributed by atoms with E-state index in [0.29, 0.717) is 30.1 Å². The van der Waals surface area contributed by atoms with Crippen LogP contribution in [0.25, 0.3) is 0 Å². The number of halogens is 1. The first-order valence-electron chi connectivity index (χ1n) is 11.8. The minimum Gasteiger partial charge on any atom is -0.355 e. The zero-order valence-electron chi connectivity index (χ0n) is 21.2. The molecule has 0 aliphatic heterocycles. The van der Waals surface area contributed by atoms with Crippen LogP contribution in [0.3, 0.4) is 0 Å². The maximum atomic E-state index is 13.4. The van der Waals surface area contributed by atoms with Gasteiger partial charge in [-0.3, -0.25) is 13.9 Å². The van der Waals surface area contributed by atoms with Gasteiger partial charge in [0.25, 0.3) is 0 Å². The van der Waals surface area contributed by atoms with Crippen LogP contribution >= 0.6 is 11.6 Å². The summed E-state index contributed by atoms with van der Waals surface area (Å²) in [4.78, 5) is 27.7. The molecule has 2 amide bonds. The molecule has 9 heteroatoms. The highest BCUT2D eigenvalue weighted by atomic mass is 35.5. The van der Waals surface area contributed by atoms with Gasteiger partial charge in [0.2, 0.25) is 21.8 Å². The fraction of sp³-hybridized carbons (Fsp3) is 0.462. The quantitative estimate of drug-likeness (QED) is 0.447. The maximum absolute atomic E-state index is 13.4. The molecule has 0 fully saturated rings. The number of likely N-dealkylation sites (N-methyl/N-ethyl adjacent to an activating group) is 1. The van der Waals surface area contributed by atoms with Crippen molar-refractivity contribution in [3.63, 3.8) is 0 Å². The number of anilines is 1. The van der Waals surface area contributed by atoms with Crippen molar-refractivity contribution in [2.75, 3.05) is 23.7 Å². The van der Waals surface area contributed by atoms with Crippen LogP contribution in [0.1, 0.15) is 49.8 Å². The molecule has 2 rings (SSSR count). The summed E-state index contributed by atoms with van der Waals surface area (Å²) >= 11 is 6.00. The highest BCUT2D eigenvalue weighted by Crippen LogP contribution is 2.25. The van der Waals surface area contributed by atoms with Gasteiger partial charge in [-0.25, -0.2) is 8.42 Å². The van der Waals surface area contributed by atoms with E-state index in [4.69, 9.17) is 11.6 Å². The average molecular weight is 522 g/mol. The van der Waals surface area contributed by atoms with E-state index in [9.17, 15) is 18.0 Å². The Morgan fingerprint density at radius 1 is 1.06 bits per heavy atom. The van der Waals surface area contributed by atoms with E-state index >= 15 is 0 Å². The van der Waals surface area contributed by atoms with E-state index < -0.39 is 16.1 Å². The Balaban J connectivity index is 2.23. The second kappa shape index (κ2) is 12.9. The number of rotatable bonds is 12. The second-order valence-electron chi connectivity index (χ2n) is 8.70. The van der Waals surface area contributed by atoms with Crippen molar-refractivity contribution in [3.8, 4) is 0 Å². The Labute approximate surface area is 214 Å². The van der Waals surface area contributed by atoms with E-state index in [1.54, 1.807) is 17.0 Å².